The number of benzene rings is 1. The lowest BCUT2D eigenvalue weighted by Gasteiger charge is -2.25. The first-order chi connectivity index (χ1) is 9.56. The summed E-state index contributed by atoms with van der Waals surface area (Å²) in [6.07, 6.45) is 1.07. The monoisotopic (exact) mass is 316 g/mol. The van der Waals surface area contributed by atoms with Crippen molar-refractivity contribution in [2.24, 2.45) is 0 Å². The molecule has 0 atom stereocenters. The second-order valence-corrected chi connectivity index (χ2v) is 7.07. The average Bonchev–Trinajstić information content (AvgIpc) is 2.32. The molecule has 0 saturated heterocycles. The third-order valence-electron chi connectivity index (χ3n) is 2.67. The Kier molecular flexibility index (Phi) is 5.13. The van der Waals surface area contributed by atoms with Gasteiger partial charge in [-0.1, -0.05) is 6.07 Å². The highest BCUT2D eigenvalue weighted by Gasteiger charge is 2.24. The number of hydrogen-bond donors (Lipinski definition) is 3. The number of para-hydroxylation sites is 1. The number of anilines is 2. The van der Waals surface area contributed by atoms with E-state index in [4.69, 9.17) is 0 Å². The van der Waals surface area contributed by atoms with E-state index in [0.717, 1.165) is 6.26 Å². The maximum Gasteiger partial charge on any atom is 0.315 e. The van der Waals surface area contributed by atoms with Crippen LogP contribution in [-0.4, -0.2) is 38.7 Å². The van der Waals surface area contributed by atoms with E-state index in [1.165, 1.54) is 0 Å². The molecular formula is C12H20N4O4S. The molecule has 0 fully saturated rings. The number of nitrogens with one attached hydrogen (secondary N) is 3. The summed E-state index contributed by atoms with van der Waals surface area (Å²) in [6.45, 7) is 3.58. The fourth-order valence-corrected chi connectivity index (χ4v) is 3.01. The molecule has 1 rings (SSSR count). The fraction of sp³-hybridized carbons (Fsp3) is 0.500. The molecule has 0 heterocycles. The van der Waals surface area contributed by atoms with Gasteiger partial charge in [0.15, 0.2) is 0 Å². The summed E-state index contributed by atoms with van der Waals surface area (Å²) in [5.74, 6) is 0. The van der Waals surface area contributed by atoms with E-state index >= 15 is 0 Å². The van der Waals surface area contributed by atoms with Crippen LogP contribution >= 0.6 is 0 Å². The Labute approximate surface area is 124 Å². The standard InChI is InChI=1S/C12H20N4O4S/c1-12(2,15-21(4,19)20)8-14-10-7-5-6-9(13-3)11(10)16(17)18/h5-7,13-15H,8H2,1-4H3. The summed E-state index contributed by atoms with van der Waals surface area (Å²) >= 11 is 0. The van der Waals surface area contributed by atoms with Crippen molar-refractivity contribution in [2.45, 2.75) is 19.4 Å². The van der Waals surface area contributed by atoms with Crippen molar-refractivity contribution in [1.82, 2.24) is 4.72 Å². The van der Waals surface area contributed by atoms with Gasteiger partial charge in [-0.3, -0.25) is 10.1 Å². The van der Waals surface area contributed by atoms with Crippen LogP contribution in [0.4, 0.5) is 17.1 Å². The molecule has 0 unspecified atom stereocenters. The average molecular weight is 316 g/mol. The Balaban J connectivity index is 2.97. The number of nitrogens with zero attached hydrogens (tertiary/aromatic N) is 1. The zero-order valence-electron chi connectivity index (χ0n) is 12.4. The quantitative estimate of drug-likeness (QED) is 0.517. The van der Waals surface area contributed by atoms with Gasteiger partial charge in [0.05, 0.1) is 11.2 Å². The summed E-state index contributed by atoms with van der Waals surface area (Å²) in [4.78, 5) is 10.7. The van der Waals surface area contributed by atoms with Crippen LogP contribution in [0.1, 0.15) is 13.8 Å². The first kappa shape index (κ1) is 17.2. The van der Waals surface area contributed by atoms with Gasteiger partial charge in [-0.25, -0.2) is 13.1 Å². The predicted octanol–water partition coefficient (Wildman–Crippen LogP) is 1.38. The third-order valence-corrected chi connectivity index (χ3v) is 3.59. The van der Waals surface area contributed by atoms with Crippen molar-refractivity contribution < 1.29 is 13.3 Å². The van der Waals surface area contributed by atoms with Crippen LogP contribution in [0, 0.1) is 10.1 Å². The minimum Gasteiger partial charge on any atom is -0.382 e. The van der Waals surface area contributed by atoms with Crippen molar-refractivity contribution in [2.75, 3.05) is 30.5 Å². The molecule has 0 aliphatic heterocycles. The Morgan fingerprint density at radius 3 is 2.33 bits per heavy atom. The Morgan fingerprint density at radius 2 is 1.86 bits per heavy atom. The van der Waals surface area contributed by atoms with Gasteiger partial charge >= 0.3 is 5.69 Å². The minimum atomic E-state index is -3.36. The molecular weight excluding hydrogens is 296 g/mol. The largest absolute Gasteiger partial charge is 0.382 e. The number of hydrogen-bond acceptors (Lipinski definition) is 6. The number of nitro benzene ring substituents is 1. The fourth-order valence-electron chi connectivity index (χ4n) is 1.94. The molecule has 3 N–H and O–H groups in total. The molecule has 0 saturated carbocycles. The van der Waals surface area contributed by atoms with Crippen molar-refractivity contribution in [1.29, 1.82) is 0 Å². The maximum atomic E-state index is 11.3. The van der Waals surface area contributed by atoms with Crippen molar-refractivity contribution >= 4 is 27.1 Å². The SMILES string of the molecule is CNc1cccc(NCC(C)(C)NS(C)(=O)=O)c1[N+](=O)[O-]. The molecule has 0 aliphatic carbocycles. The van der Waals surface area contributed by atoms with Gasteiger partial charge in [-0.2, -0.15) is 0 Å². The van der Waals surface area contributed by atoms with Crippen LogP contribution in [0.25, 0.3) is 0 Å². The lowest BCUT2D eigenvalue weighted by atomic mass is 10.1. The van der Waals surface area contributed by atoms with Crippen LogP contribution in [0.15, 0.2) is 18.2 Å². The summed E-state index contributed by atoms with van der Waals surface area (Å²) < 4.78 is 25.0. The Bertz CT molecular complexity index is 628. The molecule has 0 spiro atoms. The lowest BCUT2D eigenvalue weighted by Crippen LogP contribution is -2.47. The van der Waals surface area contributed by atoms with E-state index in [9.17, 15) is 18.5 Å². The van der Waals surface area contributed by atoms with Crippen LogP contribution in [0.3, 0.4) is 0 Å². The molecule has 9 heteroatoms. The third kappa shape index (κ3) is 5.20. The molecule has 0 aliphatic rings. The van der Waals surface area contributed by atoms with Gasteiger partial charge in [0.25, 0.3) is 0 Å². The van der Waals surface area contributed by atoms with E-state index in [1.54, 1.807) is 39.1 Å². The summed E-state index contributed by atoms with van der Waals surface area (Å²) in [7, 11) is -1.76. The van der Waals surface area contributed by atoms with E-state index in [0.29, 0.717) is 11.4 Å². The van der Waals surface area contributed by atoms with Crippen LogP contribution in [0.2, 0.25) is 0 Å². The summed E-state index contributed by atoms with van der Waals surface area (Å²) in [5, 5.41) is 16.9. The molecule has 1 aromatic carbocycles. The van der Waals surface area contributed by atoms with Crippen LogP contribution in [0.5, 0.6) is 0 Å². The number of sulfonamides is 1. The van der Waals surface area contributed by atoms with Crippen LogP contribution < -0.4 is 15.4 Å². The van der Waals surface area contributed by atoms with E-state index < -0.39 is 20.5 Å². The topological polar surface area (TPSA) is 113 Å². The molecule has 118 valence electrons. The Morgan fingerprint density at radius 1 is 1.29 bits per heavy atom. The molecule has 0 bridgehead atoms. The normalized spacial score (nSPS) is 12.0. The van der Waals surface area contributed by atoms with Gasteiger partial charge < -0.3 is 10.6 Å². The second-order valence-electron chi connectivity index (χ2n) is 5.32. The van der Waals surface area contributed by atoms with Crippen molar-refractivity contribution in [3.05, 3.63) is 28.3 Å². The van der Waals surface area contributed by atoms with Crippen molar-refractivity contribution in [3.63, 3.8) is 0 Å². The smallest absolute Gasteiger partial charge is 0.315 e. The molecule has 1 aromatic rings. The Hall–Kier alpha value is -1.87. The number of rotatable bonds is 7. The first-order valence-corrected chi connectivity index (χ1v) is 8.13. The number of nitro groups is 1. The predicted molar refractivity (Wildman–Crippen MR) is 83.2 cm³/mol. The van der Waals surface area contributed by atoms with Gasteiger partial charge in [0.2, 0.25) is 10.0 Å². The minimum absolute atomic E-state index is 0.0739. The molecule has 0 radical (unpaired) electrons. The molecule has 0 amide bonds. The lowest BCUT2D eigenvalue weighted by molar-refractivity contribution is -0.383. The highest BCUT2D eigenvalue weighted by Crippen LogP contribution is 2.32. The van der Waals surface area contributed by atoms with Gasteiger partial charge in [-0.15, -0.1) is 0 Å². The van der Waals surface area contributed by atoms with E-state index in [2.05, 4.69) is 15.4 Å². The highest BCUT2D eigenvalue weighted by molar-refractivity contribution is 7.88. The maximum absolute atomic E-state index is 11.3. The first-order valence-electron chi connectivity index (χ1n) is 6.24. The summed E-state index contributed by atoms with van der Waals surface area (Å²) in [6, 6.07) is 4.86. The zero-order valence-corrected chi connectivity index (χ0v) is 13.2. The van der Waals surface area contributed by atoms with Gasteiger partial charge in [0.1, 0.15) is 11.4 Å². The van der Waals surface area contributed by atoms with E-state index in [1.807, 2.05) is 0 Å². The molecule has 8 nitrogen and oxygen atoms in total. The molecule has 21 heavy (non-hydrogen) atoms. The van der Waals surface area contributed by atoms with Gasteiger partial charge in [-0.05, 0) is 26.0 Å². The molecule has 0 aromatic heterocycles. The van der Waals surface area contributed by atoms with E-state index in [-0.39, 0.29) is 12.2 Å². The zero-order chi connectivity index (χ0) is 16.3. The summed E-state index contributed by atoms with van der Waals surface area (Å²) in [5.41, 5.74) is -0.138. The van der Waals surface area contributed by atoms with Crippen molar-refractivity contribution in [3.8, 4) is 0 Å². The highest BCUT2D eigenvalue weighted by atomic mass is 32.2. The van der Waals surface area contributed by atoms with Crippen LogP contribution in [-0.2, 0) is 10.0 Å². The van der Waals surface area contributed by atoms with Gasteiger partial charge in [0, 0.05) is 19.1 Å². The second kappa shape index (κ2) is 6.27.